The number of rotatable bonds is 6. The quantitative estimate of drug-likeness (QED) is 0.665. The van der Waals surface area contributed by atoms with E-state index in [9.17, 15) is 8.42 Å². The highest BCUT2D eigenvalue weighted by Crippen LogP contribution is 2.21. The van der Waals surface area contributed by atoms with Crippen molar-refractivity contribution in [2.75, 3.05) is 20.6 Å². The van der Waals surface area contributed by atoms with E-state index < -0.39 is 10.0 Å². The molecule has 138 valence electrons. The van der Waals surface area contributed by atoms with Crippen LogP contribution in [0.1, 0.15) is 11.6 Å². The van der Waals surface area contributed by atoms with Gasteiger partial charge in [-0.3, -0.25) is 0 Å². The van der Waals surface area contributed by atoms with Crippen LogP contribution in [-0.2, 0) is 10.0 Å². The minimum atomic E-state index is -3.56. The summed E-state index contributed by atoms with van der Waals surface area (Å²) in [6.45, 7) is 0.312. The minimum absolute atomic E-state index is 0. The van der Waals surface area contributed by atoms with E-state index in [1.807, 2.05) is 79.7 Å². The number of hydrogen-bond donors (Lipinski definition) is 1. The molecule has 3 rings (SSSR count). The van der Waals surface area contributed by atoms with Crippen molar-refractivity contribution in [1.29, 1.82) is 0 Å². The van der Waals surface area contributed by atoms with Gasteiger partial charge in [0.25, 0.3) is 0 Å². The maximum atomic E-state index is 12.7. The number of likely N-dealkylation sites (N-methyl/N-ethyl adjacent to an activating group) is 1. The lowest BCUT2D eigenvalue weighted by Gasteiger charge is -2.25. The van der Waals surface area contributed by atoms with Crippen LogP contribution in [0.3, 0.4) is 0 Å². The van der Waals surface area contributed by atoms with Gasteiger partial charge in [0, 0.05) is 12.6 Å². The zero-order valence-corrected chi connectivity index (χ0v) is 16.3. The zero-order valence-electron chi connectivity index (χ0n) is 14.8. The van der Waals surface area contributed by atoms with Gasteiger partial charge in [0.05, 0.1) is 4.90 Å². The highest BCUT2D eigenvalue weighted by atomic mass is 35.5. The summed E-state index contributed by atoms with van der Waals surface area (Å²) in [6, 6.07) is 22.8. The Kier molecular flexibility index (Phi) is 6.78. The molecule has 0 amide bonds. The largest absolute Gasteiger partial charge is 1.00 e. The molecule has 0 bridgehead atoms. The van der Waals surface area contributed by atoms with Crippen molar-refractivity contribution in [3.8, 4) is 0 Å². The average Bonchev–Trinajstić information content (AvgIpc) is 2.62. The SMILES string of the molecule is CN(C)C(CNS(=O)(=O)c1ccc2ccccc2c1)c1ccccc1.[Cl-]. The third-order valence-corrected chi connectivity index (χ3v) is 5.73. The molecule has 0 saturated carbocycles. The second-order valence-electron chi connectivity index (χ2n) is 6.25. The van der Waals surface area contributed by atoms with Crippen molar-refractivity contribution in [3.63, 3.8) is 0 Å². The predicted octanol–water partition coefficient (Wildman–Crippen LogP) is 0.425. The molecule has 0 aliphatic carbocycles. The molecule has 0 aromatic heterocycles. The molecule has 0 saturated heterocycles. The second kappa shape index (κ2) is 8.64. The summed E-state index contributed by atoms with van der Waals surface area (Å²) in [5.74, 6) is 0. The smallest absolute Gasteiger partial charge is 0.240 e. The summed E-state index contributed by atoms with van der Waals surface area (Å²) >= 11 is 0. The first-order valence-corrected chi connectivity index (χ1v) is 9.65. The standard InChI is InChI=1S/C20H22N2O2S.ClH/c1-22(2)20(17-9-4-3-5-10-17)15-21-25(23,24)19-13-12-16-8-6-7-11-18(16)14-19;/h3-14,20-21H,15H2,1-2H3;1H/p-1. The molecule has 3 aromatic carbocycles. The van der Waals surface area contributed by atoms with E-state index >= 15 is 0 Å². The van der Waals surface area contributed by atoms with Gasteiger partial charge in [-0.05, 0) is 42.6 Å². The van der Waals surface area contributed by atoms with Crippen LogP contribution in [0.2, 0.25) is 0 Å². The summed E-state index contributed by atoms with van der Waals surface area (Å²) in [7, 11) is 0.328. The number of hydrogen-bond acceptors (Lipinski definition) is 3. The van der Waals surface area contributed by atoms with Gasteiger partial charge >= 0.3 is 0 Å². The van der Waals surface area contributed by atoms with Gasteiger partial charge in [0.1, 0.15) is 0 Å². The molecule has 1 atom stereocenters. The Hall–Kier alpha value is -1.92. The van der Waals surface area contributed by atoms with Gasteiger partial charge < -0.3 is 17.3 Å². The average molecular weight is 390 g/mol. The minimum Gasteiger partial charge on any atom is -1.00 e. The second-order valence-corrected chi connectivity index (χ2v) is 8.02. The number of fused-ring (bicyclic) bond motifs is 1. The number of nitrogens with one attached hydrogen (secondary N) is 1. The highest BCUT2D eigenvalue weighted by Gasteiger charge is 2.19. The summed E-state index contributed by atoms with van der Waals surface area (Å²) < 4.78 is 28.2. The van der Waals surface area contributed by atoms with Gasteiger partial charge in [-0.15, -0.1) is 0 Å². The fraction of sp³-hybridized carbons (Fsp3) is 0.200. The zero-order chi connectivity index (χ0) is 17.9. The summed E-state index contributed by atoms with van der Waals surface area (Å²) in [4.78, 5) is 2.30. The van der Waals surface area contributed by atoms with Gasteiger partial charge in [0.2, 0.25) is 10.0 Å². The molecule has 0 heterocycles. The lowest BCUT2D eigenvalue weighted by molar-refractivity contribution is -0.00000761. The van der Waals surface area contributed by atoms with Crippen LogP contribution in [0.5, 0.6) is 0 Å². The molecule has 0 fully saturated rings. The Balaban J connectivity index is 0.00000243. The molecule has 0 radical (unpaired) electrons. The first-order valence-electron chi connectivity index (χ1n) is 8.17. The van der Waals surface area contributed by atoms with Crippen molar-refractivity contribution < 1.29 is 20.8 Å². The Morgan fingerprint density at radius 2 is 1.50 bits per heavy atom. The van der Waals surface area contributed by atoms with E-state index in [0.29, 0.717) is 6.54 Å². The topological polar surface area (TPSA) is 49.4 Å². The van der Waals surface area contributed by atoms with Gasteiger partial charge in [-0.1, -0.05) is 60.7 Å². The molecule has 0 spiro atoms. The normalized spacial score (nSPS) is 12.7. The van der Waals surface area contributed by atoms with Crippen molar-refractivity contribution in [3.05, 3.63) is 78.4 Å². The Labute approximate surface area is 161 Å². The number of halogens is 1. The molecule has 6 heteroatoms. The number of nitrogens with zero attached hydrogens (tertiary/aromatic N) is 1. The Morgan fingerprint density at radius 1 is 0.885 bits per heavy atom. The molecule has 4 nitrogen and oxygen atoms in total. The van der Waals surface area contributed by atoms with E-state index in [-0.39, 0.29) is 23.3 Å². The van der Waals surface area contributed by atoms with Gasteiger partial charge in [-0.2, -0.15) is 0 Å². The molecule has 3 aromatic rings. The van der Waals surface area contributed by atoms with Crippen LogP contribution in [0.4, 0.5) is 0 Å². The van der Waals surface area contributed by atoms with Crippen LogP contribution in [0.25, 0.3) is 10.8 Å². The van der Waals surface area contributed by atoms with Crippen molar-refractivity contribution in [2.45, 2.75) is 10.9 Å². The lowest BCUT2D eigenvalue weighted by atomic mass is 10.1. The predicted molar refractivity (Wildman–Crippen MR) is 102 cm³/mol. The maximum Gasteiger partial charge on any atom is 0.240 e. The Morgan fingerprint density at radius 3 is 2.15 bits per heavy atom. The fourth-order valence-electron chi connectivity index (χ4n) is 2.88. The molecule has 1 N–H and O–H groups in total. The third-order valence-electron chi connectivity index (χ3n) is 4.31. The molecule has 0 aliphatic heterocycles. The van der Waals surface area contributed by atoms with E-state index in [1.54, 1.807) is 12.1 Å². The lowest BCUT2D eigenvalue weighted by Crippen LogP contribution is -3.00. The van der Waals surface area contributed by atoms with Crippen LogP contribution in [0.15, 0.2) is 77.7 Å². The van der Waals surface area contributed by atoms with Crippen LogP contribution < -0.4 is 17.1 Å². The molecule has 1 unspecified atom stereocenters. The number of sulfonamides is 1. The third kappa shape index (κ3) is 4.62. The van der Waals surface area contributed by atoms with Gasteiger partial charge in [0.15, 0.2) is 0 Å². The molecule has 0 aliphatic rings. The van der Waals surface area contributed by atoms with Crippen LogP contribution >= 0.6 is 0 Å². The first-order chi connectivity index (χ1) is 12.0. The van der Waals surface area contributed by atoms with E-state index in [0.717, 1.165) is 16.3 Å². The molecular formula is C20H22ClN2O2S-. The van der Waals surface area contributed by atoms with E-state index in [4.69, 9.17) is 0 Å². The van der Waals surface area contributed by atoms with Crippen LogP contribution in [-0.4, -0.2) is 34.0 Å². The highest BCUT2D eigenvalue weighted by molar-refractivity contribution is 7.89. The van der Waals surface area contributed by atoms with Crippen LogP contribution in [0, 0.1) is 0 Å². The van der Waals surface area contributed by atoms with E-state index in [1.165, 1.54) is 0 Å². The fourth-order valence-corrected chi connectivity index (χ4v) is 3.95. The van der Waals surface area contributed by atoms with Crippen molar-refractivity contribution in [2.24, 2.45) is 0 Å². The van der Waals surface area contributed by atoms with Gasteiger partial charge in [-0.25, -0.2) is 13.1 Å². The maximum absolute atomic E-state index is 12.7. The summed E-state index contributed by atoms with van der Waals surface area (Å²) in [5.41, 5.74) is 1.08. The molecule has 26 heavy (non-hydrogen) atoms. The molecular weight excluding hydrogens is 368 g/mol. The summed E-state index contributed by atoms with van der Waals surface area (Å²) in [6.07, 6.45) is 0. The monoisotopic (exact) mass is 389 g/mol. The number of benzene rings is 3. The summed E-state index contributed by atoms with van der Waals surface area (Å²) in [5, 5.41) is 1.94. The van der Waals surface area contributed by atoms with E-state index in [2.05, 4.69) is 4.72 Å². The van der Waals surface area contributed by atoms with Crippen molar-refractivity contribution >= 4 is 20.8 Å². The van der Waals surface area contributed by atoms with Crippen molar-refractivity contribution in [1.82, 2.24) is 9.62 Å². The Bertz CT molecular complexity index is 960. The first kappa shape index (κ1) is 20.4.